The molecule has 0 aromatic heterocycles. The molecule has 0 radical (unpaired) electrons. The smallest absolute Gasteiger partial charge is 0.220 e. The van der Waals surface area contributed by atoms with Crippen LogP contribution in [0.25, 0.3) is 0 Å². The first-order valence-corrected chi connectivity index (χ1v) is 18.6. The van der Waals surface area contributed by atoms with Crippen molar-refractivity contribution in [3.63, 3.8) is 0 Å². The lowest BCUT2D eigenvalue weighted by Gasteiger charge is -2.19. The average molecular weight is 648 g/mol. The van der Waals surface area contributed by atoms with E-state index in [1.54, 1.807) is 6.08 Å². The highest BCUT2D eigenvalue weighted by Gasteiger charge is 2.17. The molecule has 0 heterocycles. The third-order valence-electron chi connectivity index (χ3n) is 7.49. The van der Waals surface area contributed by atoms with E-state index in [1.165, 1.54) is 25.7 Å². The zero-order valence-corrected chi connectivity index (χ0v) is 30.0. The predicted octanol–water partition coefficient (Wildman–Crippen LogP) is 11.3. The summed E-state index contributed by atoms with van der Waals surface area (Å²) in [6, 6.07) is -0.662. The van der Waals surface area contributed by atoms with Crippen molar-refractivity contribution in [2.24, 2.45) is 0 Å². The number of aliphatic hydroxyl groups excluding tert-OH is 2. The third-order valence-corrected chi connectivity index (χ3v) is 7.49. The van der Waals surface area contributed by atoms with Gasteiger partial charge in [-0.25, -0.2) is 0 Å². The van der Waals surface area contributed by atoms with Gasteiger partial charge in [-0.15, -0.1) is 0 Å². The fourth-order valence-corrected chi connectivity index (χ4v) is 4.64. The number of unbranched alkanes of at least 4 members (excludes halogenated alkanes) is 8. The largest absolute Gasteiger partial charge is 0.394 e. The maximum Gasteiger partial charge on any atom is 0.220 e. The highest BCUT2D eigenvalue weighted by atomic mass is 16.3. The number of aliphatic hydroxyl groups is 2. The average Bonchev–Trinajstić information content (AvgIpc) is 3.07. The van der Waals surface area contributed by atoms with E-state index in [2.05, 4.69) is 116 Å². The fraction of sp³-hybridized carbons (Fsp3) is 0.558. The van der Waals surface area contributed by atoms with Crippen LogP contribution in [0.5, 0.6) is 0 Å². The number of hydrogen-bond acceptors (Lipinski definition) is 3. The lowest BCUT2D eigenvalue weighted by atomic mass is 10.1. The van der Waals surface area contributed by atoms with Crippen LogP contribution in [0.15, 0.2) is 109 Å². The van der Waals surface area contributed by atoms with E-state index in [-0.39, 0.29) is 12.5 Å². The van der Waals surface area contributed by atoms with E-state index in [1.807, 2.05) is 6.08 Å². The minimum absolute atomic E-state index is 0.115. The van der Waals surface area contributed by atoms with Crippen molar-refractivity contribution in [3.8, 4) is 0 Å². The molecular weight excluding hydrogens is 578 g/mol. The van der Waals surface area contributed by atoms with E-state index < -0.39 is 12.1 Å². The van der Waals surface area contributed by atoms with Gasteiger partial charge >= 0.3 is 0 Å². The molecule has 3 N–H and O–H groups in total. The van der Waals surface area contributed by atoms with Crippen LogP contribution in [0.2, 0.25) is 0 Å². The van der Waals surface area contributed by atoms with Crippen molar-refractivity contribution >= 4 is 5.91 Å². The topological polar surface area (TPSA) is 69.6 Å². The number of carbonyl (C=O) groups is 1. The molecule has 47 heavy (non-hydrogen) atoms. The van der Waals surface area contributed by atoms with Crippen LogP contribution < -0.4 is 5.32 Å². The summed E-state index contributed by atoms with van der Waals surface area (Å²) < 4.78 is 0. The summed E-state index contributed by atoms with van der Waals surface area (Å²) in [7, 11) is 0. The molecule has 0 rings (SSSR count). The van der Waals surface area contributed by atoms with E-state index in [0.29, 0.717) is 6.42 Å². The summed E-state index contributed by atoms with van der Waals surface area (Å²) in [5, 5.41) is 22.8. The maximum atomic E-state index is 12.3. The zero-order chi connectivity index (χ0) is 34.3. The van der Waals surface area contributed by atoms with Gasteiger partial charge in [-0.2, -0.15) is 0 Å². The van der Waals surface area contributed by atoms with E-state index in [4.69, 9.17) is 0 Å². The minimum Gasteiger partial charge on any atom is -0.394 e. The van der Waals surface area contributed by atoms with Gasteiger partial charge in [0, 0.05) is 6.42 Å². The molecule has 0 spiro atoms. The molecule has 1 amide bonds. The number of nitrogens with one attached hydrogen (secondary N) is 1. The van der Waals surface area contributed by atoms with Gasteiger partial charge in [0.25, 0.3) is 0 Å². The number of hydrogen-bond donors (Lipinski definition) is 3. The summed E-state index contributed by atoms with van der Waals surface area (Å²) in [4.78, 5) is 12.3. The van der Waals surface area contributed by atoms with Gasteiger partial charge in [-0.1, -0.05) is 149 Å². The Morgan fingerprint density at radius 2 is 0.957 bits per heavy atom. The molecule has 264 valence electrons. The molecule has 0 saturated carbocycles. The van der Waals surface area contributed by atoms with E-state index in [9.17, 15) is 15.0 Å². The quantitative estimate of drug-likeness (QED) is 0.0518. The second-order valence-corrected chi connectivity index (χ2v) is 11.9. The summed E-state index contributed by atoms with van der Waals surface area (Å²) in [5.41, 5.74) is 0. The molecule has 0 bridgehead atoms. The molecule has 0 saturated heterocycles. The SMILES string of the molecule is CC/C=C\C/C=C\C/C=C\C/C=C\C/C=C\C/C=C\C/C=C\CCCCCC(=O)NC(CO)C(O)/C=C/CC/C=C/CCCCCC. The molecule has 0 aromatic rings. The summed E-state index contributed by atoms with van der Waals surface area (Å²) in [6.45, 7) is 4.10. The standard InChI is InChI=1S/C43H69NO3/c1-3-5-7-9-11-13-15-16-17-18-19-20-21-22-23-24-25-26-27-28-29-31-33-35-37-39-43(47)44-41(40-45)42(46)38-36-34-32-30-14-12-10-8-6-4-2/h5,7,11,13-14,16-17,19-20,22-23,25-26,28-30,36,38,41-42,45-46H,3-4,6,8-10,12,15,18,21,24,27,31-35,37,39-40H2,1-2H3,(H,44,47)/b7-5-,13-11-,17-16-,20-19-,23-22-,26-25-,29-28-,30-14+,38-36+. The lowest BCUT2D eigenvalue weighted by molar-refractivity contribution is -0.123. The van der Waals surface area contributed by atoms with Gasteiger partial charge < -0.3 is 15.5 Å². The Labute approximate surface area is 289 Å². The Bertz CT molecular complexity index is 964. The normalized spacial score (nSPS) is 14.4. The molecule has 0 aromatic carbocycles. The third kappa shape index (κ3) is 34.2. The Morgan fingerprint density at radius 1 is 0.532 bits per heavy atom. The molecule has 4 nitrogen and oxygen atoms in total. The van der Waals surface area contributed by atoms with Crippen molar-refractivity contribution in [2.75, 3.05) is 6.61 Å². The fourth-order valence-electron chi connectivity index (χ4n) is 4.64. The molecule has 0 aliphatic carbocycles. The Balaban J connectivity index is 3.80. The number of rotatable bonds is 31. The first-order valence-electron chi connectivity index (χ1n) is 18.6. The van der Waals surface area contributed by atoms with Gasteiger partial charge in [-0.3, -0.25) is 4.79 Å². The zero-order valence-electron chi connectivity index (χ0n) is 30.0. The monoisotopic (exact) mass is 648 g/mol. The Kier molecular flexibility index (Phi) is 35.2. The number of allylic oxidation sites excluding steroid dienone is 17. The van der Waals surface area contributed by atoms with Crippen molar-refractivity contribution in [2.45, 2.75) is 148 Å². The lowest BCUT2D eigenvalue weighted by Crippen LogP contribution is -2.45. The highest BCUT2D eigenvalue weighted by Crippen LogP contribution is 2.07. The summed E-state index contributed by atoms with van der Waals surface area (Å²) in [5.74, 6) is -0.115. The second-order valence-electron chi connectivity index (χ2n) is 11.9. The molecule has 0 aliphatic rings. The molecular formula is C43H69NO3. The Hall–Kier alpha value is -2.95. The van der Waals surface area contributed by atoms with Crippen LogP contribution in [-0.4, -0.2) is 34.9 Å². The van der Waals surface area contributed by atoms with Gasteiger partial charge in [0.1, 0.15) is 0 Å². The highest BCUT2D eigenvalue weighted by molar-refractivity contribution is 5.76. The van der Waals surface area contributed by atoms with Gasteiger partial charge in [0.05, 0.1) is 18.8 Å². The molecule has 2 unspecified atom stereocenters. The van der Waals surface area contributed by atoms with Crippen molar-refractivity contribution < 1.29 is 15.0 Å². The van der Waals surface area contributed by atoms with Crippen molar-refractivity contribution in [1.29, 1.82) is 0 Å². The molecule has 0 aliphatic heterocycles. The van der Waals surface area contributed by atoms with Crippen LogP contribution in [0.3, 0.4) is 0 Å². The van der Waals surface area contributed by atoms with Crippen molar-refractivity contribution in [3.05, 3.63) is 109 Å². The number of carbonyl (C=O) groups excluding carboxylic acids is 1. The van der Waals surface area contributed by atoms with Crippen molar-refractivity contribution in [1.82, 2.24) is 5.32 Å². The first kappa shape index (κ1) is 44.0. The maximum absolute atomic E-state index is 12.3. The van der Waals surface area contributed by atoms with Gasteiger partial charge in [-0.05, 0) is 89.9 Å². The minimum atomic E-state index is -0.881. The van der Waals surface area contributed by atoms with E-state index >= 15 is 0 Å². The van der Waals surface area contributed by atoms with Crippen LogP contribution >= 0.6 is 0 Å². The first-order chi connectivity index (χ1) is 23.2. The van der Waals surface area contributed by atoms with Crippen LogP contribution in [0.4, 0.5) is 0 Å². The number of amides is 1. The van der Waals surface area contributed by atoms with E-state index in [0.717, 1.165) is 89.9 Å². The molecule has 2 atom stereocenters. The summed E-state index contributed by atoms with van der Waals surface area (Å²) in [6.07, 6.45) is 57.5. The summed E-state index contributed by atoms with van der Waals surface area (Å²) >= 11 is 0. The molecule has 0 fully saturated rings. The Morgan fingerprint density at radius 3 is 1.45 bits per heavy atom. The molecule has 4 heteroatoms. The van der Waals surface area contributed by atoms with Gasteiger partial charge in [0.2, 0.25) is 5.91 Å². The van der Waals surface area contributed by atoms with Crippen LogP contribution in [-0.2, 0) is 4.79 Å². The predicted molar refractivity (Wildman–Crippen MR) is 206 cm³/mol. The van der Waals surface area contributed by atoms with Gasteiger partial charge in [0.15, 0.2) is 0 Å². The second kappa shape index (κ2) is 37.5. The van der Waals surface area contributed by atoms with Crippen LogP contribution in [0.1, 0.15) is 136 Å². The van der Waals surface area contributed by atoms with Crippen LogP contribution in [0, 0.1) is 0 Å².